The number of urea groups is 1. The number of nitrogens with one attached hydrogen (secondary N) is 1. The lowest BCUT2D eigenvalue weighted by molar-refractivity contribution is 0.188. The smallest absolute Gasteiger partial charge is 0.317 e. The molecule has 23 heavy (non-hydrogen) atoms. The van der Waals surface area contributed by atoms with Crippen molar-refractivity contribution in [3.05, 3.63) is 0 Å². The van der Waals surface area contributed by atoms with Gasteiger partial charge in [0.1, 0.15) is 0 Å². The summed E-state index contributed by atoms with van der Waals surface area (Å²) in [5.74, 6) is 0.251. The van der Waals surface area contributed by atoms with E-state index in [4.69, 9.17) is 0 Å². The molecule has 0 radical (unpaired) electrons. The van der Waals surface area contributed by atoms with Crippen molar-refractivity contribution in [2.45, 2.75) is 25.3 Å². The molecule has 1 aliphatic heterocycles. The lowest BCUT2D eigenvalue weighted by atomic mass is 10.2. The molecule has 2 amide bonds. The summed E-state index contributed by atoms with van der Waals surface area (Å²) in [5, 5.41) is 2.89. The number of rotatable bonds is 9. The third-order valence-electron chi connectivity index (χ3n) is 3.91. The zero-order chi connectivity index (χ0) is 17.5. The highest BCUT2D eigenvalue weighted by atomic mass is 32.2. The van der Waals surface area contributed by atoms with Crippen molar-refractivity contribution in [1.82, 2.24) is 20.0 Å². The Morgan fingerprint density at radius 3 is 1.91 bits per heavy atom. The molecular formula is C15H32N4O3S. The summed E-state index contributed by atoms with van der Waals surface area (Å²) in [6.45, 7) is 3.23. The van der Waals surface area contributed by atoms with E-state index in [0.29, 0.717) is 19.5 Å². The Morgan fingerprint density at radius 2 is 1.52 bits per heavy atom. The Bertz CT molecular complexity index is 451. The SMILES string of the molecule is CN(C)CCCN(CCCN(C)C)C(=O)N[C@@H]1CCS(=O)(=O)C1. The number of sulfone groups is 1. The van der Waals surface area contributed by atoms with Crippen molar-refractivity contribution >= 4 is 15.9 Å². The molecule has 0 unspecified atom stereocenters. The van der Waals surface area contributed by atoms with Crippen LogP contribution in [-0.4, -0.2) is 101 Å². The molecule has 8 heteroatoms. The highest BCUT2D eigenvalue weighted by Gasteiger charge is 2.29. The zero-order valence-electron chi connectivity index (χ0n) is 14.9. The molecule has 136 valence electrons. The molecule has 0 aromatic carbocycles. The normalized spacial score (nSPS) is 20.2. The summed E-state index contributed by atoms with van der Waals surface area (Å²) >= 11 is 0. The predicted octanol–water partition coefficient (Wildman–Crippen LogP) is 0.0885. The fourth-order valence-corrected chi connectivity index (χ4v) is 4.32. The summed E-state index contributed by atoms with van der Waals surface area (Å²) in [6, 6.07) is -0.373. The maximum atomic E-state index is 12.5. The van der Waals surface area contributed by atoms with Crippen LogP contribution in [0.4, 0.5) is 4.79 Å². The molecular weight excluding hydrogens is 316 g/mol. The molecule has 1 fully saturated rings. The second-order valence-electron chi connectivity index (χ2n) is 6.85. The Labute approximate surface area is 140 Å². The molecule has 0 aromatic heterocycles. The van der Waals surface area contributed by atoms with Crippen LogP contribution in [0.2, 0.25) is 0 Å². The fourth-order valence-electron chi connectivity index (χ4n) is 2.65. The van der Waals surface area contributed by atoms with Crippen LogP contribution < -0.4 is 5.32 Å². The van der Waals surface area contributed by atoms with Crippen molar-refractivity contribution in [2.24, 2.45) is 0 Å². The van der Waals surface area contributed by atoms with Gasteiger partial charge in [-0.05, 0) is 60.5 Å². The zero-order valence-corrected chi connectivity index (χ0v) is 15.7. The minimum absolute atomic E-state index is 0.0714. The summed E-state index contributed by atoms with van der Waals surface area (Å²) in [4.78, 5) is 18.5. The highest BCUT2D eigenvalue weighted by molar-refractivity contribution is 7.91. The third kappa shape index (κ3) is 8.53. The summed E-state index contributed by atoms with van der Waals surface area (Å²) in [5.41, 5.74) is 0. The van der Waals surface area contributed by atoms with E-state index in [1.165, 1.54) is 0 Å². The van der Waals surface area contributed by atoms with Crippen LogP contribution in [0.25, 0.3) is 0 Å². The molecule has 1 heterocycles. The van der Waals surface area contributed by atoms with Gasteiger partial charge < -0.3 is 20.0 Å². The number of carbonyl (C=O) groups excluding carboxylic acids is 1. The van der Waals surface area contributed by atoms with E-state index < -0.39 is 9.84 Å². The van der Waals surface area contributed by atoms with Crippen LogP contribution >= 0.6 is 0 Å². The molecule has 0 aromatic rings. The van der Waals surface area contributed by atoms with Gasteiger partial charge in [-0.2, -0.15) is 0 Å². The molecule has 1 aliphatic rings. The third-order valence-corrected chi connectivity index (χ3v) is 5.68. The van der Waals surface area contributed by atoms with Gasteiger partial charge in [0.2, 0.25) is 0 Å². The van der Waals surface area contributed by atoms with Gasteiger partial charge in [0.25, 0.3) is 0 Å². The number of nitrogens with zero attached hydrogens (tertiary/aromatic N) is 3. The Hall–Kier alpha value is -0.860. The minimum Gasteiger partial charge on any atom is -0.334 e. The van der Waals surface area contributed by atoms with Gasteiger partial charge in [0.15, 0.2) is 9.84 Å². The average molecular weight is 349 g/mol. The van der Waals surface area contributed by atoms with E-state index in [1.807, 2.05) is 33.1 Å². The maximum Gasteiger partial charge on any atom is 0.317 e. The van der Waals surface area contributed by atoms with Crippen LogP contribution in [0.15, 0.2) is 0 Å². The van der Waals surface area contributed by atoms with Crippen LogP contribution in [0, 0.1) is 0 Å². The number of hydrogen-bond acceptors (Lipinski definition) is 5. The predicted molar refractivity (Wildman–Crippen MR) is 93.5 cm³/mol. The second kappa shape index (κ2) is 9.44. The molecule has 0 saturated carbocycles. The molecule has 1 saturated heterocycles. The van der Waals surface area contributed by atoms with Gasteiger partial charge in [-0.15, -0.1) is 0 Å². The van der Waals surface area contributed by atoms with Crippen molar-refractivity contribution in [1.29, 1.82) is 0 Å². The lowest BCUT2D eigenvalue weighted by Gasteiger charge is -2.26. The van der Waals surface area contributed by atoms with E-state index in [-0.39, 0.29) is 23.6 Å². The first-order valence-corrected chi connectivity index (χ1v) is 10.1. The van der Waals surface area contributed by atoms with E-state index >= 15 is 0 Å². The molecule has 1 atom stereocenters. The lowest BCUT2D eigenvalue weighted by Crippen LogP contribution is -2.46. The Morgan fingerprint density at radius 1 is 1.00 bits per heavy atom. The van der Waals surface area contributed by atoms with Gasteiger partial charge in [0.05, 0.1) is 11.5 Å². The molecule has 7 nitrogen and oxygen atoms in total. The molecule has 1 N–H and O–H groups in total. The summed E-state index contributed by atoms with van der Waals surface area (Å²) < 4.78 is 23.0. The van der Waals surface area contributed by atoms with Gasteiger partial charge in [0, 0.05) is 19.1 Å². The first-order chi connectivity index (χ1) is 10.7. The van der Waals surface area contributed by atoms with Crippen LogP contribution in [0.5, 0.6) is 0 Å². The molecule has 0 aliphatic carbocycles. The largest absolute Gasteiger partial charge is 0.334 e. The Kier molecular flexibility index (Phi) is 8.28. The second-order valence-corrected chi connectivity index (χ2v) is 9.08. The molecule has 0 bridgehead atoms. The van der Waals surface area contributed by atoms with E-state index in [2.05, 4.69) is 15.1 Å². The highest BCUT2D eigenvalue weighted by Crippen LogP contribution is 2.12. The first kappa shape index (κ1) is 20.2. The van der Waals surface area contributed by atoms with Crippen molar-refractivity contribution in [2.75, 3.05) is 65.9 Å². The van der Waals surface area contributed by atoms with Gasteiger partial charge in [-0.1, -0.05) is 0 Å². The van der Waals surface area contributed by atoms with Gasteiger partial charge in [-0.25, -0.2) is 13.2 Å². The van der Waals surface area contributed by atoms with Crippen LogP contribution in [0.3, 0.4) is 0 Å². The average Bonchev–Trinajstić information content (AvgIpc) is 2.75. The standard InChI is InChI=1S/C15H32N4O3S/c1-17(2)8-5-10-19(11-6-9-18(3)4)15(20)16-14-7-12-23(21,22)13-14/h14H,5-13H2,1-4H3,(H,16,20)/t14-/m1/s1. The summed E-state index contributed by atoms with van der Waals surface area (Å²) in [6.07, 6.45) is 2.34. The van der Waals surface area contributed by atoms with E-state index in [9.17, 15) is 13.2 Å². The van der Waals surface area contributed by atoms with Crippen LogP contribution in [0.1, 0.15) is 19.3 Å². The maximum absolute atomic E-state index is 12.5. The monoisotopic (exact) mass is 348 g/mol. The van der Waals surface area contributed by atoms with Gasteiger partial charge >= 0.3 is 6.03 Å². The van der Waals surface area contributed by atoms with Gasteiger partial charge in [-0.3, -0.25) is 0 Å². The van der Waals surface area contributed by atoms with Crippen molar-refractivity contribution in [3.8, 4) is 0 Å². The van der Waals surface area contributed by atoms with Crippen LogP contribution in [-0.2, 0) is 9.84 Å². The topological polar surface area (TPSA) is 73.0 Å². The minimum atomic E-state index is -2.97. The molecule has 0 spiro atoms. The van der Waals surface area contributed by atoms with Crippen molar-refractivity contribution < 1.29 is 13.2 Å². The van der Waals surface area contributed by atoms with E-state index in [0.717, 1.165) is 25.9 Å². The fraction of sp³-hybridized carbons (Fsp3) is 0.933. The molecule has 1 rings (SSSR count). The quantitative estimate of drug-likeness (QED) is 0.639. The van der Waals surface area contributed by atoms with E-state index in [1.54, 1.807) is 0 Å². The number of hydrogen-bond donors (Lipinski definition) is 1. The first-order valence-electron chi connectivity index (χ1n) is 8.25. The number of amides is 2. The Balaban J connectivity index is 2.49. The number of carbonyl (C=O) groups is 1. The van der Waals surface area contributed by atoms with Crippen molar-refractivity contribution in [3.63, 3.8) is 0 Å². The summed E-state index contributed by atoms with van der Waals surface area (Å²) in [7, 11) is 5.09.